The molecule has 0 aliphatic heterocycles. The number of halogens is 1. The third-order valence-corrected chi connectivity index (χ3v) is 9.98. The van der Waals surface area contributed by atoms with E-state index in [1.54, 1.807) is 32.3 Å². The molecule has 0 saturated heterocycles. The maximum Gasteiger partial charge on any atom is 0.264 e. The van der Waals surface area contributed by atoms with Crippen molar-refractivity contribution < 1.29 is 17.7 Å². The summed E-state index contributed by atoms with van der Waals surface area (Å²) in [5.41, 5.74) is 1.18. The Kier molecular flexibility index (Phi) is 5.35. The Bertz CT molecular complexity index is 1430. The molecule has 3 aromatic rings. The zero-order valence-corrected chi connectivity index (χ0v) is 22.4. The number of amides is 1. The number of sulfonamides is 1. The number of hydrogen-bond donors (Lipinski definition) is 2. The molecule has 10 nitrogen and oxygen atoms in total. The smallest absolute Gasteiger partial charge is 0.264 e. The molecule has 2 aromatic heterocycles. The minimum Gasteiger partial charge on any atom is -0.337 e. The lowest BCUT2D eigenvalue weighted by molar-refractivity contribution is -0.150. The van der Waals surface area contributed by atoms with E-state index in [0.717, 1.165) is 38.5 Å². The first kappa shape index (κ1) is 23.7. The summed E-state index contributed by atoms with van der Waals surface area (Å²) in [5, 5.41) is 11.4. The second-order valence-electron chi connectivity index (χ2n) is 10.7. The number of nitrogens with one attached hydrogen (secondary N) is 2. The van der Waals surface area contributed by atoms with Gasteiger partial charge in [-0.25, -0.2) is 22.8 Å². The normalized spacial score (nSPS) is 28.9. The van der Waals surface area contributed by atoms with E-state index >= 15 is 0 Å². The molecule has 4 saturated carbocycles. The number of rotatable bonds is 6. The van der Waals surface area contributed by atoms with Crippen LogP contribution < -0.4 is 10.0 Å². The zero-order chi connectivity index (χ0) is 25.3. The molecule has 0 radical (unpaired) electrons. The Labute approximate surface area is 217 Å². The fraction of sp³-hybridized carbons (Fsp3) is 0.500. The molecule has 2 N–H and O–H groups in total. The Balaban J connectivity index is 1.20. The van der Waals surface area contributed by atoms with Crippen LogP contribution in [0.5, 0.6) is 0 Å². The van der Waals surface area contributed by atoms with Crippen LogP contribution in [0.3, 0.4) is 0 Å². The average molecular weight is 575 g/mol. The largest absolute Gasteiger partial charge is 0.337 e. The first-order valence-corrected chi connectivity index (χ1v) is 14.3. The summed E-state index contributed by atoms with van der Waals surface area (Å²) in [7, 11) is -3.86. The Morgan fingerprint density at radius 3 is 2.42 bits per heavy atom. The van der Waals surface area contributed by atoms with Crippen LogP contribution in [0.1, 0.15) is 49.8 Å². The van der Waals surface area contributed by atoms with Gasteiger partial charge in [-0.2, -0.15) is 0 Å². The summed E-state index contributed by atoms with van der Waals surface area (Å²) >= 11 is 3.36. The Morgan fingerprint density at radius 1 is 1.14 bits per heavy atom. The van der Waals surface area contributed by atoms with E-state index in [1.165, 1.54) is 12.1 Å². The van der Waals surface area contributed by atoms with Crippen molar-refractivity contribution in [1.82, 2.24) is 19.9 Å². The van der Waals surface area contributed by atoms with Crippen LogP contribution in [0.25, 0.3) is 0 Å². The van der Waals surface area contributed by atoms with Gasteiger partial charge in [0.15, 0.2) is 0 Å². The maximum absolute atomic E-state index is 13.7. The second kappa shape index (κ2) is 8.14. The summed E-state index contributed by atoms with van der Waals surface area (Å²) < 4.78 is 35.6. The Hall–Kier alpha value is -2.73. The lowest BCUT2D eigenvalue weighted by Crippen LogP contribution is -2.60. The molecule has 4 aliphatic rings. The molecule has 4 aliphatic carbocycles. The van der Waals surface area contributed by atoms with Gasteiger partial charge < -0.3 is 9.84 Å². The predicted molar refractivity (Wildman–Crippen MR) is 135 cm³/mol. The van der Waals surface area contributed by atoms with Gasteiger partial charge in [-0.05, 0) is 104 Å². The third kappa shape index (κ3) is 3.85. The number of hydrogen-bond acceptors (Lipinski definition) is 7. The van der Waals surface area contributed by atoms with Crippen molar-refractivity contribution in [2.75, 3.05) is 10.0 Å². The van der Waals surface area contributed by atoms with E-state index < -0.39 is 15.4 Å². The second-order valence-corrected chi connectivity index (χ2v) is 13.1. The molecule has 2 atom stereocenters. The van der Waals surface area contributed by atoms with Crippen molar-refractivity contribution in [3.63, 3.8) is 0 Å². The molecular weight excluding hydrogens is 548 g/mol. The standard InChI is InChI=1S/C24H27BrN6O4S/c1-14-15(2)29-35-20(14)30-36(33,34)19-5-3-18(4-6-19)27-21(32)23-8-16-7-17(9-23)11-24(10-16,12-23)31-13-26-22(25)28-31/h3-6,13,16-17,30H,7-12H2,1-2H3,(H,27,32). The van der Waals surface area contributed by atoms with Crippen molar-refractivity contribution in [2.45, 2.75) is 62.8 Å². The van der Waals surface area contributed by atoms with E-state index in [-0.39, 0.29) is 22.2 Å². The molecule has 2 unspecified atom stereocenters. The molecular formula is C24H27BrN6O4S. The van der Waals surface area contributed by atoms with Crippen molar-refractivity contribution >= 4 is 43.4 Å². The minimum atomic E-state index is -3.86. The van der Waals surface area contributed by atoms with E-state index in [9.17, 15) is 13.2 Å². The number of aryl methyl sites for hydroxylation is 1. The molecule has 1 aromatic carbocycles. The maximum atomic E-state index is 13.7. The highest BCUT2D eigenvalue weighted by molar-refractivity contribution is 9.10. The van der Waals surface area contributed by atoms with Gasteiger partial charge in [0.05, 0.1) is 21.5 Å². The first-order chi connectivity index (χ1) is 17.1. The minimum absolute atomic E-state index is 0.00153. The fourth-order valence-electron chi connectivity index (χ4n) is 6.89. The topological polar surface area (TPSA) is 132 Å². The highest BCUT2D eigenvalue weighted by atomic mass is 79.9. The third-order valence-electron chi connectivity index (χ3n) is 8.27. The summed E-state index contributed by atoms with van der Waals surface area (Å²) in [6.45, 7) is 3.48. The van der Waals surface area contributed by atoms with Gasteiger partial charge in [-0.15, -0.1) is 5.10 Å². The van der Waals surface area contributed by atoms with Crippen molar-refractivity contribution in [3.05, 3.63) is 46.6 Å². The van der Waals surface area contributed by atoms with E-state index in [4.69, 9.17) is 4.52 Å². The number of anilines is 2. The molecule has 0 spiro atoms. The molecule has 12 heteroatoms. The van der Waals surface area contributed by atoms with Crippen LogP contribution in [-0.2, 0) is 20.4 Å². The average Bonchev–Trinajstić information content (AvgIpc) is 3.40. The van der Waals surface area contributed by atoms with Gasteiger partial charge in [0.2, 0.25) is 16.5 Å². The molecule has 4 bridgehead atoms. The van der Waals surface area contributed by atoms with Gasteiger partial charge in [0.25, 0.3) is 10.0 Å². The summed E-state index contributed by atoms with van der Waals surface area (Å²) in [5.74, 6) is 1.07. The molecule has 36 heavy (non-hydrogen) atoms. The van der Waals surface area contributed by atoms with Crippen LogP contribution in [0.4, 0.5) is 11.6 Å². The highest BCUT2D eigenvalue weighted by Crippen LogP contribution is 2.64. The van der Waals surface area contributed by atoms with Gasteiger partial charge >= 0.3 is 0 Å². The lowest BCUT2D eigenvalue weighted by atomic mass is 9.46. The van der Waals surface area contributed by atoms with Crippen molar-refractivity contribution in [2.24, 2.45) is 17.3 Å². The summed E-state index contributed by atoms with van der Waals surface area (Å²) in [6.07, 6.45) is 7.48. The van der Waals surface area contributed by atoms with E-state index in [1.807, 2.05) is 4.68 Å². The van der Waals surface area contributed by atoms with Crippen LogP contribution in [0.2, 0.25) is 0 Å². The van der Waals surface area contributed by atoms with Gasteiger partial charge in [-0.3, -0.25) is 4.79 Å². The molecule has 2 heterocycles. The van der Waals surface area contributed by atoms with Crippen molar-refractivity contribution in [1.29, 1.82) is 0 Å². The van der Waals surface area contributed by atoms with Crippen LogP contribution >= 0.6 is 15.9 Å². The molecule has 190 valence electrons. The van der Waals surface area contributed by atoms with Crippen LogP contribution in [0, 0.1) is 31.1 Å². The fourth-order valence-corrected chi connectivity index (χ4v) is 8.20. The number of benzene rings is 1. The summed E-state index contributed by atoms with van der Waals surface area (Å²) in [4.78, 5) is 18.0. The SMILES string of the molecule is Cc1noc(NS(=O)(=O)c2ccc(NC(=O)C34CC5CC(C3)CC(n3cnc(Br)n3)(C5)C4)cc2)c1C. The summed E-state index contributed by atoms with van der Waals surface area (Å²) in [6, 6.07) is 6.20. The quantitative estimate of drug-likeness (QED) is 0.446. The number of nitrogens with zero attached hydrogens (tertiary/aromatic N) is 4. The zero-order valence-electron chi connectivity index (χ0n) is 20.0. The van der Waals surface area contributed by atoms with Gasteiger partial charge in [0, 0.05) is 11.3 Å². The monoisotopic (exact) mass is 574 g/mol. The van der Waals surface area contributed by atoms with E-state index in [0.29, 0.717) is 33.5 Å². The molecule has 7 rings (SSSR count). The van der Waals surface area contributed by atoms with Gasteiger partial charge in [-0.1, -0.05) is 5.16 Å². The molecule has 4 fully saturated rings. The number of carbonyl (C=O) groups excluding carboxylic acids is 1. The molecule has 1 amide bonds. The number of aromatic nitrogens is 4. The first-order valence-electron chi connectivity index (χ1n) is 12.0. The van der Waals surface area contributed by atoms with Crippen LogP contribution in [-0.4, -0.2) is 34.2 Å². The Morgan fingerprint density at radius 2 is 1.83 bits per heavy atom. The van der Waals surface area contributed by atoms with Crippen LogP contribution in [0.15, 0.2) is 44.7 Å². The highest BCUT2D eigenvalue weighted by Gasteiger charge is 2.61. The predicted octanol–water partition coefficient (Wildman–Crippen LogP) is 4.38. The van der Waals surface area contributed by atoms with E-state index in [2.05, 4.69) is 41.2 Å². The van der Waals surface area contributed by atoms with Gasteiger partial charge in [0.1, 0.15) is 6.33 Å². The van der Waals surface area contributed by atoms with Crippen molar-refractivity contribution in [3.8, 4) is 0 Å². The number of carbonyl (C=O) groups is 1. The lowest BCUT2D eigenvalue weighted by Gasteiger charge is -2.60.